The second kappa shape index (κ2) is 5.88. The molecule has 1 fully saturated rings. The summed E-state index contributed by atoms with van der Waals surface area (Å²) >= 11 is 0. The Balaban J connectivity index is 1.99. The quantitative estimate of drug-likeness (QED) is 0.926. The molecule has 3 heterocycles. The minimum atomic E-state index is 0.120. The number of carbonyl (C=O) groups is 1. The topological polar surface area (TPSA) is 48.5 Å². The molecule has 0 saturated carbocycles. The van der Waals surface area contributed by atoms with E-state index < -0.39 is 0 Å². The number of hydrogen-bond acceptors (Lipinski definition) is 4. The van der Waals surface area contributed by atoms with Gasteiger partial charge in [0, 0.05) is 38.8 Å². The van der Waals surface area contributed by atoms with E-state index in [4.69, 9.17) is 4.98 Å². The van der Waals surface area contributed by atoms with E-state index in [1.165, 1.54) is 6.42 Å². The molecule has 5 heteroatoms. The Labute approximate surface area is 132 Å². The minimum Gasteiger partial charge on any atom is -0.356 e. The lowest BCUT2D eigenvalue weighted by Gasteiger charge is -2.36. The van der Waals surface area contributed by atoms with Gasteiger partial charge in [-0.2, -0.15) is 0 Å². The predicted octanol–water partition coefficient (Wildman–Crippen LogP) is 1.87. The Morgan fingerprint density at radius 2 is 2.00 bits per heavy atom. The molecule has 1 aromatic heterocycles. The van der Waals surface area contributed by atoms with Crippen molar-refractivity contribution >= 4 is 11.7 Å². The van der Waals surface area contributed by atoms with Gasteiger partial charge < -0.3 is 15.1 Å². The average Bonchev–Trinajstić information content (AvgIpc) is 2.74. The van der Waals surface area contributed by atoms with Gasteiger partial charge in [0.15, 0.2) is 0 Å². The van der Waals surface area contributed by atoms with Crippen molar-refractivity contribution in [3.63, 3.8) is 0 Å². The van der Waals surface area contributed by atoms with E-state index in [-0.39, 0.29) is 5.91 Å². The van der Waals surface area contributed by atoms with Gasteiger partial charge in [0.05, 0.1) is 11.3 Å². The number of piperidine rings is 1. The molecule has 0 aromatic carbocycles. The Kier molecular flexibility index (Phi) is 4.08. The molecule has 120 valence electrons. The highest BCUT2D eigenvalue weighted by molar-refractivity contribution is 5.99. The van der Waals surface area contributed by atoms with E-state index >= 15 is 0 Å². The number of fused-ring (bicyclic) bond motifs is 1. The zero-order valence-corrected chi connectivity index (χ0v) is 14.0. The first kappa shape index (κ1) is 15.3. The van der Waals surface area contributed by atoms with Crippen molar-refractivity contribution in [3.8, 4) is 0 Å². The average molecular weight is 302 g/mol. The van der Waals surface area contributed by atoms with Gasteiger partial charge in [-0.15, -0.1) is 0 Å². The Bertz CT molecular complexity index is 576. The van der Waals surface area contributed by atoms with Crippen LogP contribution in [0, 0.1) is 11.8 Å². The van der Waals surface area contributed by atoms with E-state index in [1.54, 1.807) is 4.90 Å². The van der Waals surface area contributed by atoms with Crippen LogP contribution >= 0.6 is 0 Å². The second-order valence-corrected chi connectivity index (χ2v) is 7.00. The summed E-state index contributed by atoms with van der Waals surface area (Å²) < 4.78 is 0. The monoisotopic (exact) mass is 302 g/mol. The molecule has 0 aliphatic carbocycles. The summed E-state index contributed by atoms with van der Waals surface area (Å²) in [5.74, 6) is 2.43. The van der Waals surface area contributed by atoms with E-state index in [1.807, 2.05) is 20.2 Å². The van der Waals surface area contributed by atoms with Crippen LogP contribution in [-0.2, 0) is 13.1 Å². The number of carbonyl (C=O) groups excluding carboxylic acids is 1. The van der Waals surface area contributed by atoms with Gasteiger partial charge in [-0.1, -0.05) is 13.8 Å². The summed E-state index contributed by atoms with van der Waals surface area (Å²) in [6.45, 7) is 8.02. The molecule has 1 saturated heterocycles. The van der Waals surface area contributed by atoms with Gasteiger partial charge >= 0.3 is 0 Å². The molecule has 2 atom stereocenters. The van der Waals surface area contributed by atoms with Crippen molar-refractivity contribution in [2.45, 2.75) is 33.4 Å². The minimum absolute atomic E-state index is 0.120. The third kappa shape index (κ3) is 2.70. The molecule has 2 aliphatic rings. The Morgan fingerprint density at radius 1 is 1.32 bits per heavy atom. The Morgan fingerprint density at radius 3 is 2.64 bits per heavy atom. The zero-order valence-electron chi connectivity index (χ0n) is 14.0. The highest BCUT2D eigenvalue weighted by Gasteiger charge is 2.30. The van der Waals surface area contributed by atoms with Crippen LogP contribution in [0.15, 0.2) is 6.07 Å². The van der Waals surface area contributed by atoms with Crippen LogP contribution in [0.2, 0.25) is 0 Å². The number of anilines is 1. The van der Waals surface area contributed by atoms with Crippen LogP contribution in [0.4, 0.5) is 5.82 Å². The third-order valence-electron chi connectivity index (χ3n) is 4.71. The standard InChI is InChI=1S/C17H26N4O/c1-11-5-12(2)9-21(8-11)16-6-13-14(10-20(4)17(13)22)15(19-16)7-18-3/h6,11-12,18H,5,7-10H2,1-4H3. The van der Waals surface area contributed by atoms with Crippen molar-refractivity contribution in [1.82, 2.24) is 15.2 Å². The predicted molar refractivity (Wildman–Crippen MR) is 88.0 cm³/mol. The smallest absolute Gasteiger partial charge is 0.254 e. The first-order valence-electron chi connectivity index (χ1n) is 8.17. The van der Waals surface area contributed by atoms with E-state index in [0.717, 1.165) is 35.7 Å². The number of nitrogens with one attached hydrogen (secondary N) is 1. The fourth-order valence-electron chi connectivity index (χ4n) is 3.82. The van der Waals surface area contributed by atoms with Gasteiger partial charge in [0.2, 0.25) is 0 Å². The summed E-state index contributed by atoms with van der Waals surface area (Å²) in [6.07, 6.45) is 1.27. The normalized spacial score (nSPS) is 24.8. The highest BCUT2D eigenvalue weighted by atomic mass is 16.2. The van der Waals surface area contributed by atoms with Gasteiger partial charge in [0.25, 0.3) is 5.91 Å². The van der Waals surface area contributed by atoms with Gasteiger partial charge in [-0.05, 0) is 31.4 Å². The summed E-state index contributed by atoms with van der Waals surface area (Å²) in [4.78, 5) is 21.4. The number of pyridine rings is 1. The molecule has 1 N–H and O–H groups in total. The van der Waals surface area contributed by atoms with Crippen LogP contribution in [-0.4, -0.2) is 43.0 Å². The molecule has 2 aliphatic heterocycles. The van der Waals surface area contributed by atoms with Gasteiger partial charge in [-0.3, -0.25) is 4.79 Å². The molecule has 0 bridgehead atoms. The largest absolute Gasteiger partial charge is 0.356 e. The van der Waals surface area contributed by atoms with Crippen molar-refractivity contribution < 1.29 is 4.79 Å². The molecule has 0 radical (unpaired) electrons. The maximum absolute atomic E-state index is 12.4. The summed E-state index contributed by atoms with van der Waals surface area (Å²) in [7, 11) is 3.78. The van der Waals surface area contributed by atoms with Crippen molar-refractivity contribution in [3.05, 3.63) is 22.9 Å². The molecule has 0 spiro atoms. The first-order valence-corrected chi connectivity index (χ1v) is 8.17. The number of aromatic nitrogens is 1. The molecule has 3 rings (SSSR count). The lowest BCUT2D eigenvalue weighted by Crippen LogP contribution is -2.39. The summed E-state index contributed by atoms with van der Waals surface area (Å²) in [6, 6.07) is 2.01. The SMILES string of the molecule is CNCc1nc(N2CC(C)CC(C)C2)cc2c1CN(C)C2=O. The second-order valence-electron chi connectivity index (χ2n) is 7.00. The lowest BCUT2D eigenvalue weighted by molar-refractivity contribution is 0.0816. The number of rotatable bonds is 3. The molecule has 5 nitrogen and oxygen atoms in total. The zero-order chi connectivity index (χ0) is 15.9. The maximum Gasteiger partial charge on any atom is 0.254 e. The summed E-state index contributed by atoms with van der Waals surface area (Å²) in [5, 5.41) is 3.18. The third-order valence-corrected chi connectivity index (χ3v) is 4.71. The Hall–Kier alpha value is -1.62. The van der Waals surface area contributed by atoms with E-state index in [2.05, 4.69) is 24.1 Å². The van der Waals surface area contributed by atoms with Crippen molar-refractivity contribution in [2.75, 3.05) is 32.1 Å². The number of amides is 1. The first-order chi connectivity index (χ1) is 10.5. The van der Waals surface area contributed by atoms with E-state index in [0.29, 0.717) is 24.9 Å². The number of hydrogen-bond donors (Lipinski definition) is 1. The maximum atomic E-state index is 12.4. The fourth-order valence-corrected chi connectivity index (χ4v) is 3.82. The van der Waals surface area contributed by atoms with Crippen LogP contribution in [0.25, 0.3) is 0 Å². The van der Waals surface area contributed by atoms with Crippen LogP contribution < -0.4 is 10.2 Å². The molecule has 22 heavy (non-hydrogen) atoms. The van der Waals surface area contributed by atoms with Crippen LogP contribution in [0.3, 0.4) is 0 Å². The lowest BCUT2D eigenvalue weighted by atomic mass is 9.92. The molecular formula is C17H26N4O. The van der Waals surface area contributed by atoms with Gasteiger partial charge in [-0.25, -0.2) is 4.98 Å². The van der Waals surface area contributed by atoms with Crippen LogP contribution in [0.5, 0.6) is 0 Å². The van der Waals surface area contributed by atoms with E-state index in [9.17, 15) is 4.79 Å². The fraction of sp³-hybridized carbons (Fsp3) is 0.647. The van der Waals surface area contributed by atoms with Crippen molar-refractivity contribution in [2.24, 2.45) is 11.8 Å². The molecule has 2 unspecified atom stereocenters. The number of nitrogens with zero attached hydrogens (tertiary/aromatic N) is 3. The summed E-state index contributed by atoms with van der Waals surface area (Å²) in [5.41, 5.74) is 2.94. The van der Waals surface area contributed by atoms with Crippen LogP contribution in [0.1, 0.15) is 41.9 Å². The molecule has 1 amide bonds. The van der Waals surface area contributed by atoms with Gasteiger partial charge in [0.1, 0.15) is 5.82 Å². The molecular weight excluding hydrogens is 276 g/mol. The van der Waals surface area contributed by atoms with Crippen molar-refractivity contribution in [1.29, 1.82) is 0 Å². The molecule has 1 aromatic rings. The highest BCUT2D eigenvalue weighted by Crippen LogP contribution is 2.31.